The molecular formula is C17H25NO2. The summed E-state index contributed by atoms with van der Waals surface area (Å²) in [5.74, 6) is 0. The molecule has 0 saturated carbocycles. The van der Waals surface area contributed by atoms with Crippen LogP contribution >= 0.6 is 0 Å². The van der Waals surface area contributed by atoms with Gasteiger partial charge in [-0.25, -0.2) is 4.79 Å². The number of benzene rings is 1. The lowest BCUT2D eigenvalue weighted by Crippen LogP contribution is -2.25. The molecule has 0 bridgehead atoms. The van der Waals surface area contributed by atoms with Gasteiger partial charge in [0.15, 0.2) is 0 Å². The Labute approximate surface area is 122 Å². The van der Waals surface area contributed by atoms with Gasteiger partial charge in [-0.15, -0.1) is 0 Å². The van der Waals surface area contributed by atoms with E-state index in [1.54, 1.807) is 6.92 Å². The highest BCUT2D eigenvalue weighted by molar-refractivity contribution is 5.68. The normalized spacial score (nSPS) is 11.9. The van der Waals surface area contributed by atoms with Gasteiger partial charge < -0.3 is 10.1 Å². The zero-order chi connectivity index (χ0) is 15.0. The molecular weight excluding hydrogens is 250 g/mol. The van der Waals surface area contributed by atoms with Crippen LogP contribution in [0.5, 0.6) is 0 Å². The molecule has 1 aliphatic rings. The number of fused-ring (bicyclic) bond motifs is 1. The van der Waals surface area contributed by atoms with Crippen molar-refractivity contribution in [2.45, 2.75) is 40.5 Å². The maximum Gasteiger partial charge on any atom is 0.407 e. The fourth-order valence-corrected chi connectivity index (χ4v) is 2.27. The van der Waals surface area contributed by atoms with Crippen molar-refractivity contribution in [1.29, 1.82) is 0 Å². The molecule has 20 heavy (non-hydrogen) atoms. The SMILES string of the molecule is CC.CCOC(=O)NCCC1=Cc2cccc(C)c2C1. The Hall–Kier alpha value is -1.77. The van der Waals surface area contributed by atoms with Crippen molar-refractivity contribution in [1.82, 2.24) is 5.32 Å². The van der Waals surface area contributed by atoms with Crippen molar-refractivity contribution in [2.24, 2.45) is 0 Å². The fraction of sp³-hybridized carbons (Fsp3) is 0.471. The predicted octanol–water partition coefficient (Wildman–Crippen LogP) is 4.10. The Kier molecular flexibility index (Phi) is 6.85. The lowest BCUT2D eigenvalue weighted by molar-refractivity contribution is 0.152. The lowest BCUT2D eigenvalue weighted by Gasteiger charge is -2.06. The van der Waals surface area contributed by atoms with E-state index in [0.29, 0.717) is 13.2 Å². The first-order chi connectivity index (χ1) is 9.70. The Bertz CT molecular complexity index is 478. The van der Waals surface area contributed by atoms with E-state index in [0.717, 1.165) is 12.8 Å². The maximum absolute atomic E-state index is 11.1. The molecule has 3 heteroatoms. The second kappa shape index (κ2) is 8.41. The number of aryl methyl sites for hydroxylation is 1. The zero-order valence-electron chi connectivity index (χ0n) is 13.0. The molecule has 0 heterocycles. The van der Waals surface area contributed by atoms with Gasteiger partial charge in [-0.05, 0) is 43.4 Å². The summed E-state index contributed by atoms with van der Waals surface area (Å²) in [6.45, 7) is 9.00. The first kappa shape index (κ1) is 16.3. The van der Waals surface area contributed by atoms with E-state index < -0.39 is 0 Å². The minimum Gasteiger partial charge on any atom is -0.450 e. The molecule has 1 aromatic rings. The van der Waals surface area contributed by atoms with E-state index in [9.17, 15) is 4.79 Å². The average molecular weight is 275 g/mol. The second-order valence-corrected chi connectivity index (χ2v) is 4.52. The Balaban J connectivity index is 0.000000956. The molecule has 1 aromatic carbocycles. The van der Waals surface area contributed by atoms with Crippen LogP contribution in [0, 0.1) is 6.92 Å². The van der Waals surface area contributed by atoms with E-state index >= 15 is 0 Å². The first-order valence-electron chi connectivity index (χ1n) is 7.39. The van der Waals surface area contributed by atoms with Gasteiger partial charge in [0.2, 0.25) is 0 Å². The summed E-state index contributed by atoms with van der Waals surface area (Å²) in [6, 6.07) is 6.38. The van der Waals surface area contributed by atoms with Crippen molar-refractivity contribution in [2.75, 3.05) is 13.2 Å². The molecule has 0 fully saturated rings. The van der Waals surface area contributed by atoms with Crippen LogP contribution < -0.4 is 5.32 Å². The van der Waals surface area contributed by atoms with E-state index in [-0.39, 0.29) is 6.09 Å². The number of alkyl carbamates (subject to hydrolysis) is 1. The summed E-state index contributed by atoms with van der Waals surface area (Å²) in [7, 11) is 0. The molecule has 3 nitrogen and oxygen atoms in total. The second-order valence-electron chi connectivity index (χ2n) is 4.52. The summed E-state index contributed by atoms with van der Waals surface area (Å²) in [5.41, 5.74) is 5.46. The minimum atomic E-state index is -0.329. The molecule has 0 unspecified atom stereocenters. The van der Waals surface area contributed by atoms with Crippen LogP contribution in [0.1, 0.15) is 43.9 Å². The van der Waals surface area contributed by atoms with E-state index in [4.69, 9.17) is 4.74 Å². The van der Waals surface area contributed by atoms with Gasteiger partial charge in [0.25, 0.3) is 0 Å². The predicted molar refractivity (Wildman–Crippen MR) is 83.8 cm³/mol. The van der Waals surface area contributed by atoms with Crippen LogP contribution in [0.4, 0.5) is 4.79 Å². The third-order valence-electron chi connectivity index (χ3n) is 3.20. The summed E-state index contributed by atoms with van der Waals surface area (Å²) in [6.07, 6.45) is 3.79. The maximum atomic E-state index is 11.1. The van der Waals surface area contributed by atoms with Crippen LogP contribution in [0.2, 0.25) is 0 Å². The van der Waals surface area contributed by atoms with Crippen molar-refractivity contribution < 1.29 is 9.53 Å². The van der Waals surface area contributed by atoms with Crippen LogP contribution in [-0.2, 0) is 11.2 Å². The molecule has 1 amide bonds. The standard InChI is InChI=1S/C15H19NO2.C2H6/c1-3-18-15(17)16-8-7-12-9-13-6-4-5-11(2)14(13)10-12;1-2/h4-6,9H,3,7-8,10H2,1-2H3,(H,16,17);1-2H3. The van der Waals surface area contributed by atoms with Crippen LogP contribution in [0.25, 0.3) is 6.08 Å². The van der Waals surface area contributed by atoms with E-state index in [1.807, 2.05) is 13.8 Å². The summed E-state index contributed by atoms with van der Waals surface area (Å²) in [4.78, 5) is 11.1. The summed E-state index contributed by atoms with van der Waals surface area (Å²) in [5, 5.41) is 2.75. The largest absolute Gasteiger partial charge is 0.450 e. The highest BCUT2D eigenvalue weighted by Crippen LogP contribution is 2.28. The number of hydrogen-bond acceptors (Lipinski definition) is 2. The zero-order valence-corrected chi connectivity index (χ0v) is 13.0. The van der Waals surface area contributed by atoms with Crippen LogP contribution in [-0.4, -0.2) is 19.2 Å². The number of carbonyl (C=O) groups excluding carboxylic acids is 1. The van der Waals surface area contributed by atoms with Gasteiger partial charge in [0, 0.05) is 6.54 Å². The van der Waals surface area contributed by atoms with Gasteiger partial charge in [0.05, 0.1) is 6.61 Å². The van der Waals surface area contributed by atoms with Crippen LogP contribution in [0.3, 0.4) is 0 Å². The van der Waals surface area contributed by atoms with Crippen molar-refractivity contribution in [3.63, 3.8) is 0 Å². The molecule has 0 spiro atoms. The van der Waals surface area contributed by atoms with Gasteiger partial charge >= 0.3 is 6.09 Å². The molecule has 2 rings (SSSR count). The highest BCUT2D eigenvalue weighted by Gasteiger charge is 2.14. The summed E-state index contributed by atoms with van der Waals surface area (Å²) >= 11 is 0. The number of ether oxygens (including phenoxy) is 1. The number of hydrogen-bond donors (Lipinski definition) is 1. The molecule has 0 radical (unpaired) electrons. The van der Waals surface area contributed by atoms with Crippen molar-refractivity contribution >= 4 is 12.2 Å². The topological polar surface area (TPSA) is 38.3 Å². The van der Waals surface area contributed by atoms with Crippen molar-refractivity contribution in [3.05, 3.63) is 40.5 Å². The Morgan fingerprint density at radius 1 is 1.35 bits per heavy atom. The van der Waals surface area contributed by atoms with Crippen molar-refractivity contribution in [3.8, 4) is 0 Å². The molecule has 0 atom stereocenters. The number of rotatable bonds is 4. The number of amides is 1. The first-order valence-corrected chi connectivity index (χ1v) is 7.39. The molecule has 110 valence electrons. The van der Waals surface area contributed by atoms with Gasteiger partial charge in [-0.1, -0.05) is 43.7 Å². The Morgan fingerprint density at radius 3 is 2.75 bits per heavy atom. The van der Waals surface area contributed by atoms with Gasteiger partial charge in [-0.3, -0.25) is 0 Å². The quantitative estimate of drug-likeness (QED) is 0.898. The van der Waals surface area contributed by atoms with E-state index in [2.05, 4.69) is 36.5 Å². The molecule has 1 aliphatic carbocycles. The molecule has 0 aliphatic heterocycles. The summed E-state index contributed by atoms with van der Waals surface area (Å²) < 4.78 is 4.82. The highest BCUT2D eigenvalue weighted by atomic mass is 16.5. The fourth-order valence-electron chi connectivity index (χ4n) is 2.27. The van der Waals surface area contributed by atoms with Gasteiger partial charge in [-0.2, -0.15) is 0 Å². The minimum absolute atomic E-state index is 0.329. The lowest BCUT2D eigenvalue weighted by atomic mass is 10.0. The van der Waals surface area contributed by atoms with E-state index in [1.165, 1.54) is 22.3 Å². The number of nitrogens with one attached hydrogen (secondary N) is 1. The van der Waals surface area contributed by atoms with Crippen LogP contribution in [0.15, 0.2) is 23.8 Å². The molecule has 0 aromatic heterocycles. The third kappa shape index (κ3) is 4.41. The Morgan fingerprint density at radius 2 is 2.10 bits per heavy atom. The molecule has 1 N–H and O–H groups in total. The third-order valence-corrected chi connectivity index (χ3v) is 3.20. The smallest absolute Gasteiger partial charge is 0.407 e. The monoisotopic (exact) mass is 275 g/mol. The number of carbonyl (C=O) groups is 1. The molecule has 0 saturated heterocycles. The average Bonchev–Trinajstić information content (AvgIpc) is 2.86. The van der Waals surface area contributed by atoms with Gasteiger partial charge in [0.1, 0.15) is 0 Å².